The average molecular weight is 310 g/mol. The van der Waals surface area contributed by atoms with E-state index in [2.05, 4.69) is 5.32 Å². The minimum absolute atomic E-state index is 0.0784. The van der Waals surface area contributed by atoms with Crippen molar-refractivity contribution in [3.8, 4) is 0 Å². The first-order valence-corrected chi connectivity index (χ1v) is 7.18. The Hall–Kier alpha value is -3.02. The Morgan fingerprint density at radius 2 is 1.52 bits per heavy atom. The van der Waals surface area contributed by atoms with E-state index in [1.165, 1.54) is 24.3 Å². The maximum absolute atomic E-state index is 12.8. The lowest BCUT2D eigenvalue weighted by Crippen LogP contribution is -2.24. The molecular weight excluding hydrogens is 296 g/mol. The molecule has 0 spiro atoms. The van der Waals surface area contributed by atoms with Crippen LogP contribution in [0.15, 0.2) is 36.4 Å². The molecule has 0 radical (unpaired) electrons. The number of nitrogens with zero attached hydrogens (tertiary/aromatic N) is 1. The van der Waals surface area contributed by atoms with Crippen LogP contribution >= 0.6 is 0 Å². The number of carbonyl (C=O) groups is 2. The number of benzene rings is 2. The molecule has 2 aromatic rings. The normalized spacial score (nSPS) is 12.8. The number of hydrogen-bond acceptors (Lipinski definition) is 5. The van der Waals surface area contributed by atoms with Crippen molar-refractivity contribution in [3.63, 3.8) is 0 Å². The fraction of sp³-hybridized carbons (Fsp3) is 0.176. The van der Waals surface area contributed by atoms with Gasteiger partial charge in [-0.25, -0.2) is 0 Å². The largest absolute Gasteiger partial charge is 0.382 e. The van der Waals surface area contributed by atoms with Crippen molar-refractivity contribution in [3.05, 3.63) is 68.8 Å². The van der Waals surface area contributed by atoms with Gasteiger partial charge in [-0.05, 0) is 26.0 Å². The molecule has 0 saturated carbocycles. The third-order valence-electron chi connectivity index (χ3n) is 3.69. The van der Waals surface area contributed by atoms with Gasteiger partial charge in [0.05, 0.1) is 10.5 Å². The monoisotopic (exact) mass is 310 g/mol. The Morgan fingerprint density at radius 3 is 2.13 bits per heavy atom. The summed E-state index contributed by atoms with van der Waals surface area (Å²) in [6.45, 7) is 3.85. The second-order valence-electron chi connectivity index (χ2n) is 5.64. The third-order valence-corrected chi connectivity index (χ3v) is 3.69. The van der Waals surface area contributed by atoms with E-state index in [1.807, 2.05) is 13.8 Å². The van der Waals surface area contributed by atoms with Gasteiger partial charge in [0.25, 0.3) is 5.69 Å². The molecule has 1 N–H and O–H groups in total. The van der Waals surface area contributed by atoms with Crippen LogP contribution in [-0.4, -0.2) is 22.5 Å². The number of nitrogens with one attached hydrogen (secondary N) is 1. The number of hydrogen-bond donors (Lipinski definition) is 1. The molecule has 0 atom stereocenters. The quantitative estimate of drug-likeness (QED) is 0.592. The average Bonchev–Trinajstić information content (AvgIpc) is 2.51. The summed E-state index contributed by atoms with van der Waals surface area (Å²) in [6.07, 6.45) is 0. The van der Waals surface area contributed by atoms with E-state index < -0.39 is 10.7 Å². The van der Waals surface area contributed by atoms with Crippen molar-refractivity contribution >= 4 is 22.9 Å². The van der Waals surface area contributed by atoms with Crippen LogP contribution < -0.4 is 5.32 Å². The lowest BCUT2D eigenvalue weighted by molar-refractivity contribution is -0.385. The van der Waals surface area contributed by atoms with Gasteiger partial charge in [0, 0.05) is 28.9 Å². The number of anilines is 1. The topological polar surface area (TPSA) is 89.3 Å². The number of fused-ring (bicyclic) bond motifs is 2. The van der Waals surface area contributed by atoms with E-state index >= 15 is 0 Å². The molecule has 116 valence electrons. The molecule has 3 rings (SSSR count). The Labute approximate surface area is 132 Å². The fourth-order valence-corrected chi connectivity index (χ4v) is 2.81. The first kappa shape index (κ1) is 14.9. The summed E-state index contributed by atoms with van der Waals surface area (Å²) in [4.78, 5) is 36.1. The van der Waals surface area contributed by atoms with Crippen molar-refractivity contribution in [2.24, 2.45) is 0 Å². The van der Waals surface area contributed by atoms with Crippen LogP contribution in [0.3, 0.4) is 0 Å². The van der Waals surface area contributed by atoms with Crippen LogP contribution in [0.5, 0.6) is 0 Å². The zero-order valence-corrected chi connectivity index (χ0v) is 12.6. The van der Waals surface area contributed by atoms with Gasteiger partial charge in [0.15, 0.2) is 5.78 Å². The summed E-state index contributed by atoms with van der Waals surface area (Å²) >= 11 is 0. The Morgan fingerprint density at radius 1 is 0.957 bits per heavy atom. The van der Waals surface area contributed by atoms with Gasteiger partial charge in [-0.2, -0.15) is 0 Å². The molecule has 0 aliphatic heterocycles. The second kappa shape index (κ2) is 5.31. The molecule has 0 amide bonds. The number of ketones is 2. The molecule has 1 aliphatic carbocycles. The molecule has 0 unspecified atom stereocenters. The lowest BCUT2D eigenvalue weighted by Gasteiger charge is -2.21. The van der Waals surface area contributed by atoms with Gasteiger partial charge < -0.3 is 5.32 Å². The van der Waals surface area contributed by atoms with Crippen molar-refractivity contribution in [2.75, 3.05) is 5.32 Å². The predicted octanol–water partition coefficient (Wildman–Crippen LogP) is 3.19. The molecule has 0 bridgehead atoms. The summed E-state index contributed by atoms with van der Waals surface area (Å²) in [5, 5.41) is 14.3. The molecule has 1 aliphatic rings. The van der Waals surface area contributed by atoms with Crippen LogP contribution in [0.2, 0.25) is 0 Å². The fourth-order valence-electron chi connectivity index (χ4n) is 2.81. The Kier molecular flexibility index (Phi) is 3.44. The van der Waals surface area contributed by atoms with Gasteiger partial charge in [-0.15, -0.1) is 0 Å². The number of rotatable bonds is 3. The highest BCUT2D eigenvalue weighted by Crippen LogP contribution is 2.36. The summed E-state index contributed by atoms with van der Waals surface area (Å²) in [7, 11) is 0. The number of carbonyl (C=O) groups excluding carboxylic acids is 2. The van der Waals surface area contributed by atoms with Gasteiger partial charge >= 0.3 is 0 Å². The first-order valence-electron chi connectivity index (χ1n) is 7.18. The van der Waals surface area contributed by atoms with Crippen LogP contribution in [0.1, 0.15) is 45.7 Å². The van der Waals surface area contributed by atoms with Crippen molar-refractivity contribution in [1.29, 1.82) is 0 Å². The molecule has 0 aromatic heterocycles. The summed E-state index contributed by atoms with van der Waals surface area (Å²) in [5.74, 6) is -0.864. The summed E-state index contributed by atoms with van der Waals surface area (Å²) in [6, 6.07) is 9.12. The highest BCUT2D eigenvalue weighted by Gasteiger charge is 2.36. The SMILES string of the molecule is CC(C)Nc1cccc2c1C(=O)c1cccc([N+](=O)[O-])c1C2=O. The molecule has 6 heteroatoms. The van der Waals surface area contributed by atoms with Crippen molar-refractivity contribution in [1.82, 2.24) is 0 Å². The van der Waals surface area contributed by atoms with Gasteiger partial charge in [0.1, 0.15) is 5.56 Å². The standard InChI is InChI=1S/C17H14N2O4/c1-9(2)18-12-7-3-5-10-14(12)16(20)11-6-4-8-13(19(22)23)15(11)17(10)21/h3-9,18H,1-2H3. The van der Waals surface area contributed by atoms with Gasteiger partial charge in [0.2, 0.25) is 5.78 Å². The van der Waals surface area contributed by atoms with E-state index in [4.69, 9.17) is 0 Å². The predicted molar refractivity (Wildman–Crippen MR) is 85.2 cm³/mol. The summed E-state index contributed by atoms with van der Waals surface area (Å²) in [5.41, 5.74) is 0.648. The number of nitro groups is 1. The molecule has 0 heterocycles. The second-order valence-corrected chi connectivity index (χ2v) is 5.64. The smallest absolute Gasteiger partial charge is 0.281 e. The van der Waals surface area contributed by atoms with Gasteiger partial charge in [-0.1, -0.05) is 18.2 Å². The maximum Gasteiger partial charge on any atom is 0.281 e. The molecule has 2 aromatic carbocycles. The highest BCUT2D eigenvalue weighted by atomic mass is 16.6. The number of nitro benzene ring substituents is 1. The van der Waals surface area contributed by atoms with E-state index in [0.717, 1.165) is 0 Å². The molecule has 6 nitrogen and oxygen atoms in total. The lowest BCUT2D eigenvalue weighted by atomic mass is 9.82. The first-order chi connectivity index (χ1) is 10.9. The van der Waals surface area contributed by atoms with E-state index in [0.29, 0.717) is 5.69 Å². The third kappa shape index (κ3) is 2.28. The summed E-state index contributed by atoms with van der Waals surface area (Å²) < 4.78 is 0. The van der Waals surface area contributed by atoms with Gasteiger partial charge in [-0.3, -0.25) is 19.7 Å². The molecular formula is C17H14N2O4. The van der Waals surface area contributed by atoms with E-state index in [1.54, 1.807) is 12.1 Å². The van der Waals surface area contributed by atoms with Crippen LogP contribution in [-0.2, 0) is 0 Å². The molecule has 0 fully saturated rings. The molecule has 0 saturated heterocycles. The van der Waals surface area contributed by atoms with Crippen molar-refractivity contribution < 1.29 is 14.5 Å². The zero-order valence-electron chi connectivity index (χ0n) is 12.6. The Bertz CT molecular complexity index is 856. The minimum Gasteiger partial charge on any atom is -0.382 e. The van der Waals surface area contributed by atoms with E-state index in [-0.39, 0.29) is 39.8 Å². The Balaban J connectivity index is 2.27. The molecule has 23 heavy (non-hydrogen) atoms. The van der Waals surface area contributed by atoms with E-state index in [9.17, 15) is 19.7 Å². The van der Waals surface area contributed by atoms with Crippen molar-refractivity contribution in [2.45, 2.75) is 19.9 Å². The zero-order chi connectivity index (χ0) is 16.7. The minimum atomic E-state index is -0.634. The highest BCUT2D eigenvalue weighted by molar-refractivity contribution is 6.31. The van der Waals surface area contributed by atoms with Crippen LogP contribution in [0, 0.1) is 10.1 Å². The van der Waals surface area contributed by atoms with Crippen LogP contribution in [0.4, 0.5) is 11.4 Å². The van der Waals surface area contributed by atoms with Crippen LogP contribution in [0.25, 0.3) is 0 Å². The maximum atomic E-state index is 12.8.